The Morgan fingerprint density at radius 3 is 2.65 bits per heavy atom. The highest BCUT2D eigenvalue weighted by Crippen LogP contribution is 2.28. The van der Waals surface area contributed by atoms with E-state index in [-0.39, 0.29) is 11.6 Å². The summed E-state index contributed by atoms with van der Waals surface area (Å²) >= 11 is 1.27. The zero-order valence-electron chi connectivity index (χ0n) is 13.8. The molecule has 0 spiro atoms. The van der Waals surface area contributed by atoms with Gasteiger partial charge < -0.3 is 0 Å². The molecule has 4 aromatic rings. The Hall–Kier alpha value is -2.81. The lowest BCUT2D eigenvalue weighted by molar-refractivity contribution is 0.0722. The second-order valence-electron chi connectivity index (χ2n) is 5.61. The van der Waals surface area contributed by atoms with Crippen molar-refractivity contribution in [3.63, 3.8) is 0 Å². The van der Waals surface area contributed by atoms with Crippen molar-refractivity contribution in [2.75, 3.05) is 0 Å². The van der Waals surface area contributed by atoms with Gasteiger partial charge >= 0.3 is 6.55 Å². The van der Waals surface area contributed by atoms with Crippen LogP contribution in [0, 0.1) is 6.92 Å². The average Bonchev–Trinajstić information content (AvgIpc) is 3.24. The summed E-state index contributed by atoms with van der Waals surface area (Å²) < 4.78 is 29.6. The lowest BCUT2D eigenvalue weighted by Gasteiger charge is -2.08. The minimum Gasteiger partial charge on any atom is -0.269 e. The van der Waals surface area contributed by atoms with Crippen molar-refractivity contribution in [3.8, 4) is 5.69 Å². The molecule has 4 rings (SSSR count). The highest BCUT2D eigenvalue weighted by atomic mass is 32.2. The first-order chi connectivity index (χ1) is 12.6. The summed E-state index contributed by atoms with van der Waals surface area (Å²) in [6, 6.07) is 14.6. The molecule has 0 aliphatic rings. The molecule has 9 heteroatoms. The normalized spacial score (nSPS) is 11.5. The molecule has 0 bridgehead atoms. The summed E-state index contributed by atoms with van der Waals surface area (Å²) in [5, 5.41) is 12.3. The third kappa shape index (κ3) is 2.94. The van der Waals surface area contributed by atoms with E-state index in [1.807, 2.05) is 31.2 Å². The standard InChI is InChI=1S/C17H14F2N6S/c1-11-6-2-4-8-13(11)25-17(21-22-23-25)26-10-15-20-12-7-3-5-9-14(12)24(15)16(18)19/h2-9,16H,10H2,1H3. The summed E-state index contributed by atoms with van der Waals surface area (Å²) in [5.41, 5.74) is 2.82. The van der Waals surface area contributed by atoms with E-state index in [4.69, 9.17) is 0 Å². The number of benzene rings is 2. The molecule has 0 atom stereocenters. The highest BCUT2D eigenvalue weighted by molar-refractivity contribution is 7.98. The second-order valence-corrected chi connectivity index (χ2v) is 6.56. The zero-order valence-corrected chi connectivity index (χ0v) is 14.6. The lowest BCUT2D eigenvalue weighted by Crippen LogP contribution is -2.05. The predicted molar refractivity (Wildman–Crippen MR) is 94.4 cm³/mol. The Balaban J connectivity index is 1.65. The van der Waals surface area contributed by atoms with E-state index in [2.05, 4.69) is 20.5 Å². The molecule has 2 aromatic heterocycles. The summed E-state index contributed by atoms with van der Waals surface area (Å²) in [6.07, 6.45) is 0. The van der Waals surface area contributed by atoms with E-state index in [1.165, 1.54) is 11.8 Å². The molecule has 0 aliphatic heterocycles. The van der Waals surface area contributed by atoms with Crippen LogP contribution in [0.2, 0.25) is 0 Å². The van der Waals surface area contributed by atoms with Gasteiger partial charge in [-0.2, -0.15) is 13.5 Å². The highest BCUT2D eigenvalue weighted by Gasteiger charge is 2.19. The van der Waals surface area contributed by atoms with Crippen LogP contribution in [0.25, 0.3) is 16.7 Å². The number of para-hydroxylation sites is 3. The molecule has 132 valence electrons. The van der Waals surface area contributed by atoms with E-state index < -0.39 is 6.55 Å². The molecule has 0 saturated heterocycles. The fourth-order valence-electron chi connectivity index (χ4n) is 2.76. The van der Waals surface area contributed by atoms with Gasteiger partial charge in [0, 0.05) is 0 Å². The predicted octanol–water partition coefficient (Wildman–Crippen LogP) is 4.01. The Morgan fingerprint density at radius 2 is 1.85 bits per heavy atom. The van der Waals surface area contributed by atoms with Crippen LogP contribution in [0.1, 0.15) is 17.9 Å². The van der Waals surface area contributed by atoms with Gasteiger partial charge in [0.2, 0.25) is 5.16 Å². The SMILES string of the molecule is Cc1ccccc1-n1nnnc1SCc1nc2ccccc2n1C(F)F. The number of thioether (sulfide) groups is 1. The van der Waals surface area contributed by atoms with Gasteiger partial charge in [0.15, 0.2) is 0 Å². The number of rotatable bonds is 5. The molecule has 0 fully saturated rings. The molecule has 0 radical (unpaired) electrons. The van der Waals surface area contributed by atoms with Gasteiger partial charge in [-0.15, -0.1) is 5.10 Å². The van der Waals surface area contributed by atoms with Crippen LogP contribution in [-0.2, 0) is 5.75 Å². The molecular weight excluding hydrogens is 358 g/mol. The fourth-order valence-corrected chi connectivity index (χ4v) is 3.58. The molecule has 0 N–H and O–H groups in total. The summed E-state index contributed by atoms with van der Waals surface area (Å²) in [5.74, 6) is 0.510. The van der Waals surface area contributed by atoms with Gasteiger partial charge in [0.25, 0.3) is 0 Å². The van der Waals surface area contributed by atoms with Gasteiger partial charge in [-0.25, -0.2) is 4.98 Å². The zero-order chi connectivity index (χ0) is 18.1. The topological polar surface area (TPSA) is 61.4 Å². The first kappa shape index (κ1) is 16.6. The Labute approximate surface area is 151 Å². The maximum Gasteiger partial charge on any atom is 0.320 e. The number of aromatic nitrogens is 6. The second kappa shape index (κ2) is 6.83. The summed E-state index contributed by atoms with van der Waals surface area (Å²) in [6.45, 7) is -0.702. The van der Waals surface area contributed by atoms with Crippen LogP contribution >= 0.6 is 11.8 Å². The van der Waals surface area contributed by atoms with Crippen LogP contribution in [0.15, 0.2) is 53.7 Å². The van der Waals surface area contributed by atoms with Crippen molar-refractivity contribution in [3.05, 3.63) is 59.9 Å². The first-order valence-corrected chi connectivity index (χ1v) is 8.85. The number of imidazole rings is 1. The molecule has 0 aliphatic carbocycles. The number of nitrogens with zero attached hydrogens (tertiary/aromatic N) is 6. The number of halogens is 2. The van der Waals surface area contributed by atoms with Gasteiger partial charge in [0.1, 0.15) is 5.82 Å². The molecule has 6 nitrogen and oxygen atoms in total. The maximum atomic E-state index is 13.5. The van der Waals surface area contributed by atoms with Crippen LogP contribution in [0.5, 0.6) is 0 Å². The number of tetrazole rings is 1. The molecule has 0 amide bonds. The van der Waals surface area contributed by atoms with Crippen LogP contribution in [0.4, 0.5) is 8.78 Å². The Kier molecular flexibility index (Phi) is 4.37. The van der Waals surface area contributed by atoms with E-state index in [0.29, 0.717) is 16.2 Å². The molecule has 0 unspecified atom stereocenters. The third-order valence-corrected chi connectivity index (χ3v) is 4.89. The molecule has 26 heavy (non-hydrogen) atoms. The monoisotopic (exact) mass is 372 g/mol. The van der Waals surface area contributed by atoms with Gasteiger partial charge in [0.05, 0.1) is 22.5 Å². The van der Waals surface area contributed by atoms with Crippen LogP contribution in [0.3, 0.4) is 0 Å². The molecule has 2 aromatic carbocycles. The van der Waals surface area contributed by atoms with Crippen LogP contribution < -0.4 is 0 Å². The van der Waals surface area contributed by atoms with Crippen LogP contribution in [-0.4, -0.2) is 29.8 Å². The molecule has 2 heterocycles. The van der Waals surface area contributed by atoms with E-state index >= 15 is 0 Å². The minimum absolute atomic E-state index is 0.227. The largest absolute Gasteiger partial charge is 0.320 e. The van der Waals surface area contributed by atoms with E-state index in [9.17, 15) is 8.78 Å². The number of hydrogen-bond donors (Lipinski definition) is 0. The third-order valence-electron chi connectivity index (χ3n) is 3.98. The number of alkyl halides is 2. The number of hydrogen-bond acceptors (Lipinski definition) is 5. The quantitative estimate of drug-likeness (QED) is 0.496. The van der Waals surface area contributed by atoms with Crippen molar-refractivity contribution in [2.24, 2.45) is 0 Å². The van der Waals surface area contributed by atoms with Crippen molar-refractivity contribution in [1.82, 2.24) is 29.8 Å². The van der Waals surface area contributed by atoms with E-state index in [0.717, 1.165) is 15.8 Å². The Morgan fingerprint density at radius 1 is 1.08 bits per heavy atom. The number of fused-ring (bicyclic) bond motifs is 1. The maximum absolute atomic E-state index is 13.5. The van der Waals surface area contributed by atoms with Crippen molar-refractivity contribution in [2.45, 2.75) is 24.4 Å². The number of aryl methyl sites for hydroxylation is 1. The first-order valence-electron chi connectivity index (χ1n) is 7.86. The minimum atomic E-state index is -2.66. The lowest BCUT2D eigenvalue weighted by atomic mass is 10.2. The van der Waals surface area contributed by atoms with E-state index in [1.54, 1.807) is 28.9 Å². The fraction of sp³-hybridized carbons (Fsp3) is 0.176. The van der Waals surface area contributed by atoms with Crippen molar-refractivity contribution < 1.29 is 8.78 Å². The van der Waals surface area contributed by atoms with Gasteiger partial charge in [-0.05, 0) is 41.1 Å². The smallest absolute Gasteiger partial charge is 0.269 e. The van der Waals surface area contributed by atoms with Crippen molar-refractivity contribution in [1.29, 1.82) is 0 Å². The average molecular weight is 372 g/mol. The summed E-state index contributed by atoms with van der Waals surface area (Å²) in [4.78, 5) is 4.34. The van der Waals surface area contributed by atoms with Crippen molar-refractivity contribution >= 4 is 22.8 Å². The molecular formula is C17H14F2N6S. The summed E-state index contributed by atoms with van der Waals surface area (Å²) in [7, 11) is 0. The van der Waals surface area contributed by atoms with Gasteiger partial charge in [-0.1, -0.05) is 42.1 Å². The Bertz CT molecular complexity index is 1060. The molecule has 0 saturated carbocycles. The van der Waals surface area contributed by atoms with Gasteiger partial charge in [-0.3, -0.25) is 4.57 Å².